The summed E-state index contributed by atoms with van der Waals surface area (Å²) in [4.78, 5) is 3.97. The molecule has 0 fully saturated rings. The second-order valence-corrected chi connectivity index (χ2v) is 4.68. The molecular weight excluding hydrogens is 266 g/mol. The van der Waals surface area contributed by atoms with Crippen LogP contribution in [0.2, 0.25) is 0 Å². The van der Waals surface area contributed by atoms with Crippen LogP contribution >= 0.6 is 0 Å². The van der Waals surface area contributed by atoms with Crippen molar-refractivity contribution >= 4 is 0 Å². The molecule has 1 nitrogen and oxygen atoms in total. The normalized spacial score (nSPS) is 9.09. The van der Waals surface area contributed by atoms with Gasteiger partial charge in [-0.2, -0.15) is 0 Å². The predicted molar refractivity (Wildman–Crippen MR) is 89.1 cm³/mol. The number of aromatic nitrogens is 1. The maximum atomic E-state index is 3.97. The Hall–Kier alpha value is -3.29. The van der Waals surface area contributed by atoms with Gasteiger partial charge in [0, 0.05) is 34.6 Å². The molecule has 2 aromatic carbocycles. The van der Waals surface area contributed by atoms with E-state index in [0.717, 1.165) is 22.3 Å². The summed E-state index contributed by atoms with van der Waals surface area (Å²) in [5, 5.41) is 0. The minimum absolute atomic E-state index is 0.961. The van der Waals surface area contributed by atoms with Gasteiger partial charge in [-0.3, -0.25) is 4.98 Å². The van der Waals surface area contributed by atoms with Gasteiger partial charge >= 0.3 is 0 Å². The molecule has 1 heterocycles. The van der Waals surface area contributed by atoms with E-state index in [1.54, 1.807) is 12.4 Å². The summed E-state index contributed by atoms with van der Waals surface area (Å²) in [5.41, 5.74) is 3.94. The first kappa shape index (κ1) is 13.7. The smallest absolute Gasteiger partial charge is 0.0280 e. The van der Waals surface area contributed by atoms with E-state index in [4.69, 9.17) is 0 Å². The number of benzene rings is 2. The molecule has 0 amide bonds. The molecule has 0 radical (unpaired) electrons. The van der Waals surface area contributed by atoms with Gasteiger partial charge in [-0.25, -0.2) is 0 Å². The lowest BCUT2D eigenvalue weighted by Gasteiger charge is -1.92. The average molecular weight is 279 g/mol. The first-order chi connectivity index (χ1) is 10.9. The predicted octanol–water partition coefficient (Wildman–Crippen LogP) is 3.88. The molecule has 1 heteroatoms. The molecule has 0 aliphatic carbocycles. The van der Waals surface area contributed by atoms with E-state index in [9.17, 15) is 0 Å². The van der Waals surface area contributed by atoms with Crippen molar-refractivity contribution in [1.29, 1.82) is 0 Å². The summed E-state index contributed by atoms with van der Waals surface area (Å²) in [5.74, 6) is 12.5. The van der Waals surface area contributed by atoms with Crippen molar-refractivity contribution < 1.29 is 0 Å². The van der Waals surface area contributed by atoms with Crippen molar-refractivity contribution in [3.63, 3.8) is 0 Å². The van der Waals surface area contributed by atoms with Gasteiger partial charge in [0.05, 0.1) is 0 Å². The van der Waals surface area contributed by atoms with E-state index >= 15 is 0 Å². The zero-order chi connectivity index (χ0) is 15.0. The number of pyridine rings is 1. The lowest BCUT2D eigenvalue weighted by Crippen LogP contribution is -1.79. The molecule has 102 valence electrons. The number of nitrogens with zero attached hydrogens (tertiary/aromatic N) is 1. The third-order valence-electron chi connectivity index (χ3n) is 3.04. The minimum Gasteiger partial charge on any atom is -0.265 e. The van der Waals surface area contributed by atoms with Gasteiger partial charge in [0.2, 0.25) is 0 Å². The summed E-state index contributed by atoms with van der Waals surface area (Å²) in [6, 6.07) is 21.7. The molecular formula is C21H13N. The van der Waals surface area contributed by atoms with Gasteiger partial charge < -0.3 is 0 Å². The van der Waals surface area contributed by atoms with Crippen LogP contribution in [-0.4, -0.2) is 4.98 Å². The Labute approximate surface area is 130 Å². The van der Waals surface area contributed by atoms with Gasteiger partial charge in [-0.15, -0.1) is 0 Å². The monoisotopic (exact) mass is 279 g/mol. The van der Waals surface area contributed by atoms with E-state index in [-0.39, 0.29) is 0 Å². The van der Waals surface area contributed by atoms with Crippen molar-refractivity contribution in [2.75, 3.05) is 0 Å². The molecule has 0 aliphatic rings. The zero-order valence-electron chi connectivity index (χ0n) is 12.0. The van der Waals surface area contributed by atoms with Crippen LogP contribution in [0.1, 0.15) is 22.3 Å². The van der Waals surface area contributed by atoms with E-state index in [2.05, 4.69) is 28.7 Å². The van der Waals surface area contributed by atoms with Gasteiger partial charge in [-0.05, 0) is 48.5 Å². The fraction of sp³-hybridized carbons (Fsp3) is 0. The maximum absolute atomic E-state index is 3.97. The first-order valence-electron chi connectivity index (χ1n) is 6.99. The minimum atomic E-state index is 0.961. The number of rotatable bonds is 0. The highest BCUT2D eigenvalue weighted by molar-refractivity contribution is 5.47. The molecule has 3 aromatic rings. The van der Waals surface area contributed by atoms with Crippen molar-refractivity contribution in [2.24, 2.45) is 0 Å². The lowest BCUT2D eigenvalue weighted by molar-refractivity contribution is 1.32. The second-order valence-electron chi connectivity index (χ2n) is 4.68. The summed E-state index contributed by atoms with van der Waals surface area (Å²) >= 11 is 0. The molecule has 0 saturated carbocycles. The Bertz CT molecular complexity index is 779. The number of hydrogen-bond acceptors (Lipinski definition) is 1. The van der Waals surface area contributed by atoms with E-state index in [1.807, 2.05) is 66.7 Å². The summed E-state index contributed by atoms with van der Waals surface area (Å²) in [6.07, 6.45) is 3.48. The SMILES string of the molecule is C(#Cc1ccc(C#Cc2ccncc2)cc1)c1ccccc1. The highest BCUT2D eigenvalue weighted by atomic mass is 14.6. The molecule has 22 heavy (non-hydrogen) atoms. The van der Waals surface area contributed by atoms with Crippen LogP contribution in [0.3, 0.4) is 0 Å². The van der Waals surface area contributed by atoms with Crippen LogP contribution < -0.4 is 0 Å². The van der Waals surface area contributed by atoms with Gasteiger partial charge in [0.25, 0.3) is 0 Å². The molecule has 0 atom stereocenters. The van der Waals surface area contributed by atoms with Crippen molar-refractivity contribution in [3.05, 3.63) is 101 Å². The molecule has 1 aromatic heterocycles. The third kappa shape index (κ3) is 3.85. The molecule has 0 aliphatic heterocycles. The van der Waals surface area contributed by atoms with Gasteiger partial charge in [0.15, 0.2) is 0 Å². The van der Waals surface area contributed by atoms with Crippen LogP contribution in [0.5, 0.6) is 0 Å². The van der Waals surface area contributed by atoms with Crippen molar-refractivity contribution in [1.82, 2.24) is 4.98 Å². The quantitative estimate of drug-likeness (QED) is 0.569. The molecule has 0 unspecified atom stereocenters. The van der Waals surface area contributed by atoms with Crippen LogP contribution in [0.15, 0.2) is 79.1 Å². The number of hydrogen-bond donors (Lipinski definition) is 0. The van der Waals surface area contributed by atoms with Crippen molar-refractivity contribution in [2.45, 2.75) is 0 Å². The maximum Gasteiger partial charge on any atom is 0.0280 e. The van der Waals surface area contributed by atoms with Crippen LogP contribution in [0, 0.1) is 23.7 Å². The Morgan fingerprint density at radius 2 is 0.864 bits per heavy atom. The molecule has 0 spiro atoms. The van der Waals surface area contributed by atoms with Crippen LogP contribution in [0.4, 0.5) is 0 Å². The average Bonchev–Trinajstić information content (AvgIpc) is 2.61. The molecule has 0 bridgehead atoms. The van der Waals surface area contributed by atoms with E-state index in [1.165, 1.54) is 0 Å². The Kier molecular flexibility index (Phi) is 4.31. The second kappa shape index (κ2) is 6.93. The third-order valence-corrected chi connectivity index (χ3v) is 3.04. The Morgan fingerprint density at radius 1 is 0.455 bits per heavy atom. The van der Waals surface area contributed by atoms with Gasteiger partial charge in [0.1, 0.15) is 0 Å². The summed E-state index contributed by atoms with van der Waals surface area (Å²) < 4.78 is 0. The molecule has 3 rings (SSSR count). The Morgan fingerprint density at radius 3 is 1.36 bits per heavy atom. The van der Waals surface area contributed by atoms with E-state index in [0.29, 0.717) is 0 Å². The molecule has 0 N–H and O–H groups in total. The van der Waals surface area contributed by atoms with Crippen LogP contribution in [0.25, 0.3) is 0 Å². The molecule has 0 saturated heterocycles. The summed E-state index contributed by atoms with van der Waals surface area (Å²) in [6.45, 7) is 0. The highest BCUT2D eigenvalue weighted by Crippen LogP contribution is 2.03. The fourth-order valence-corrected chi connectivity index (χ4v) is 1.88. The first-order valence-corrected chi connectivity index (χ1v) is 6.99. The van der Waals surface area contributed by atoms with Crippen molar-refractivity contribution in [3.8, 4) is 23.7 Å². The zero-order valence-corrected chi connectivity index (χ0v) is 12.0. The fourth-order valence-electron chi connectivity index (χ4n) is 1.88. The lowest BCUT2D eigenvalue weighted by atomic mass is 10.1. The standard InChI is InChI=1S/C21H13N/c1-2-4-18(5-3-1)6-7-19-8-10-20(11-9-19)12-13-21-14-16-22-17-15-21/h1-5,8-11,14-17H. The Balaban J connectivity index is 1.74. The largest absolute Gasteiger partial charge is 0.265 e. The summed E-state index contributed by atoms with van der Waals surface area (Å²) in [7, 11) is 0. The van der Waals surface area contributed by atoms with Gasteiger partial charge in [-0.1, -0.05) is 41.9 Å². The van der Waals surface area contributed by atoms with E-state index < -0.39 is 0 Å². The highest BCUT2D eigenvalue weighted by Gasteiger charge is 1.89. The topological polar surface area (TPSA) is 12.9 Å². The van der Waals surface area contributed by atoms with Crippen LogP contribution in [-0.2, 0) is 0 Å².